The van der Waals surface area contributed by atoms with Gasteiger partial charge in [-0.3, -0.25) is 9.69 Å². The molecule has 8 heteroatoms. The number of anilines is 1. The van der Waals surface area contributed by atoms with Gasteiger partial charge in [-0.15, -0.1) is 0 Å². The molecular weight excluding hydrogens is 408 g/mol. The minimum Gasteiger partial charge on any atom is -0.497 e. The number of benzene rings is 2. The van der Waals surface area contributed by atoms with Crippen LogP contribution in [-0.2, 0) is 4.79 Å². The maximum Gasteiger partial charge on any atom is 0.267 e. The highest BCUT2D eigenvalue weighted by Crippen LogP contribution is 2.35. The summed E-state index contributed by atoms with van der Waals surface area (Å²) in [5, 5.41) is 0. The van der Waals surface area contributed by atoms with Crippen LogP contribution < -0.4 is 19.1 Å². The van der Waals surface area contributed by atoms with Gasteiger partial charge in [-0.25, -0.2) is 0 Å². The molecule has 1 saturated heterocycles. The van der Waals surface area contributed by atoms with Crippen LogP contribution in [0.1, 0.15) is 5.56 Å². The van der Waals surface area contributed by atoms with Crippen LogP contribution in [-0.4, -0.2) is 50.2 Å². The van der Waals surface area contributed by atoms with Crippen LogP contribution in [0, 0.1) is 0 Å². The molecule has 0 spiro atoms. The van der Waals surface area contributed by atoms with Crippen molar-refractivity contribution >= 4 is 46.0 Å². The van der Waals surface area contributed by atoms with Crippen LogP contribution in [0.5, 0.6) is 17.2 Å². The van der Waals surface area contributed by atoms with Crippen molar-refractivity contribution in [3.05, 3.63) is 52.9 Å². The Morgan fingerprint density at radius 2 is 1.72 bits per heavy atom. The number of hydrogen-bond acceptors (Lipinski definition) is 7. The van der Waals surface area contributed by atoms with Crippen molar-refractivity contribution in [2.24, 2.45) is 0 Å². The molecule has 2 aromatic rings. The summed E-state index contributed by atoms with van der Waals surface area (Å²) >= 11 is 6.74. The van der Waals surface area contributed by atoms with E-state index in [-0.39, 0.29) is 5.91 Å². The highest BCUT2D eigenvalue weighted by atomic mass is 32.2. The van der Waals surface area contributed by atoms with Gasteiger partial charge >= 0.3 is 0 Å². The monoisotopic (exact) mass is 430 g/mol. The van der Waals surface area contributed by atoms with Crippen LogP contribution in [0.2, 0.25) is 0 Å². The standard InChI is InChI=1S/C21H22N2O4S2/c1-22(15-6-8-16(25-2)9-7-15)13-23-20(24)19(29-21(23)28)12-14-5-10-17(26-3)18(11-14)27-4/h5-12H,13H2,1-4H3/b19-12+. The fourth-order valence-electron chi connectivity index (χ4n) is 2.85. The Morgan fingerprint density at radius 3 is 2.34 bits per heavy atom. The second-order valence-electron chi connectivity index (χ2n) is 6.26. The van der Waals surface area contributed by atoms with Crippen LogP contribution in [0.4, 0.5) is 5.69 Å². The summed E-state index contributed by atoms with van der Waals surface area (Å²) in [6.07, 6.45) is 1.81. The first-order chi connectivity index (χ1) is 14.0. The second-order valence-corrected chi connectivity index (χ2v) is 7.94. The molecule has 0 saturated carbocycles. The molecule has 0 N–H and O–H groups in total. The molecule has 0 unspecified atom stereocenters. The van der Waals surface area contributed by atoms with Crippen molar-refractivity contribution in [1.82, 2.24) is 4.90 Å². The Bertz CT molecular complexity index is 944. The summed E-state index contributed by atoms with van der Waals surface area (Å²) in [6, 6.07) is 13.2. The van der Waals surface area contributed by atoms with Crippen molar-refractivity contribution in [3.8, 4) is 17.2 Å². The fourth-order valence-corrected chi connectivity index (χ4v) is 4.09. The van der Waals surface area contributed by atoms with E-state index in [1.807, 2.05) is 60.5 Å². The van der Waals surface area contributed by atoms with Crippen LogP contribution in [0.3, 0.4) is 0 Å². The number of thioether (sulfide) groups is 1. The van der Waals surface area contributed by atoms with Gasteiger partial charge in [-0.1, -0.05) is 30.0 Å². The number of hydrogen-bond donors (Lipinski definition) is 0. The van der Waals surface area contributed by atoms with Gasteiger partial charge in [0.15, 0.2) is 11.5 Å². The molecule has 6 nitrogen and oxygen atoms in total. The summed E-state index contributed by atoms with van der Waals surface area (Å²) in [5.41, 5.74) is 1.80. The largest absolute Gasteiger partial charge is 0.497 e. The van der Waals surface area contributed by atoms with E-state index in [4.69, 9.17) is 26.4 Å². The summed E-state index contributed by atoms with van der Waals surface area (Å²) < 4.78 is 16.3. The normalized spacial score (nSPS) is 15.0. The number of ether oxygens (including phenoxy) is 3. The third-order valence-electron chi connectivity index (χ3n) is 4.45. The number of carbonyl (C=O) groups excluding carboxylic acids is 1. The quantitative estimate of drug-likeness (QED) is 0.486. The van der Waals surface area contributed by atoms with E-state index in [0.717, 1.165) is 17.0 Å². The molecule has 2 aromatic carbocycles. The topological polar surface area (TPSA) is 51.2 Å². The SMILES string of the molecule is COc1ccc(N(C)CN2C(=O)/C(=C\c3ccc(OC)c(OC)c3)SC2=S)cc1. The molecular formula is C21H22N2O4S2. The van der Waals surface area contributed by atoms with E-state index in [1.165, 1.54) is 11.8 Å². The van der Waals surface area contributed by atoms with Crippen molar-refractivity contribution < 1.29 is 19.0 Å². The van der Waals surface area contributed by atoms with Crippen molar-refractivity contribution in [2.45, 2.75) is 0 Å². The minimum absolute atomic E-state index is 0.116. The zero-order valence-electron chi connectivity index (χ0n) is 16.7. The predicted molar refractivity (Wildman–Crippen MR) is 121 cm³/mol. The smallest absolute Gasteiger partial charge is 0.267 e. The molecule has 0 radical (unpaired) electrons. The van der Waals surface area contributed by atoms with Crippen LogP contribution in [0.15, 0.2) is 47.4 Å². The molecule has 152 valence electrons. The van der Waals surface area contributed by atoms with Gasteiger partial charge in [0.25, 0.3) is 5.91 Å². The number of carbonyl (C=O) groups is 1. The third kappa shape index (κ3) is 4.65. The van der Waals surface area contributed by atoms with Gasteiger partial charge in [0.05, 0.1) is 32.9 Å². The van der Waals surface area contributed by atoms with E-state index >= 15 is 0 Å². The number of nitrogens with zero attached hydrogens (tertiary/aromatic N) is 2. The Kier molecular flexibility index (Phi) is 6.66. The molecule has 3 rings (SSSR count). The molecule has 1 fully saturated rings. The minimum atomic E-state index is -0.116. The predicted octanol–water partition coefficient (Wildman–Crippen LogP) is 4.01. The van der Waals surface area contributed by atoms with Crippen LogP contribution in [0.25, 0.3) is 6.08 Å². The lowest BCUT2D eigenvalue weighted by molar-refractivity contribution is -0.122. The molecule has 1 amide bonds. The van der Waals surface area contributed by atoms with E-state index in [1.54, 1.807) is 26.2 Å². The Morgan fingerprint density at radius 1 is 1.03 bits per heavy atom. The highest BCUT2D eigenvalue weighted by Gasteiger charge is 2.32. The Labute approximate surface area is 180 Å². The molecule has 1 heterocycles. The molecule has 0 bridgehead atoms. The molecule has 29 heavy (non-hydrogen) atoms. The van der Waals surface area contributed by atoms with Crippen molar-refractivity contribution in [2.75, 3.05) is 39.9 Å². The highest BCUT2D eigenvalue weighted by molar-refractivity contribution is 8.26. The lowest BCUT2D eigenvalue weighted by Crippen LogP contribution is -2.38. The zero-order chi connectivity index (χ0) is 21.0. The zero-order valence-corrected chi connectivity index (χ0v) is 18.3. The van der Waals surface area contributed by atoms with Gasteiger partial charge < -0.3 is 19.1 Å². The van der Waals surface area contributed by atoms with Crippen molar-refractivity contribution in [1.29, 1.82) is 0 Å². The summed E-state index contributed by atoms with van der Waals surface area (Å²) in [7, 11) is 6.71. The maximum absolute atomic E-state index is 12.9. The van der Waals surface area contributed by atoms with E-state index in [0.29, 0.717) is 27.4 Å². The summed E-state index contributed by atoms with van der Waals surface area (Å²) in [5.74, 6) is 1.91. The number of amides is 1. The lowest BCUT2D eigenvalue weighted by Gasteiger charge is -2.25. The molecule has 1 aliphatic heterocycles. The van der Waals surface area contributed by atoms with Crippen molar-refractivity contribution in [3.63, 3.8) is 0 Å². The van der Waals surface area contributed by atoms with E-state index in [9.17, 15) is 4.79 Å². The third-order valence-corrected chi connectivity index (χ3v) is 5.82. The van der Waals surface area contributed by atoms with E-state index < -0.39 is 0 Å². The Balaban J connectivity index is 1.76. The molecule has 0 aromatic heterocycles. The number of thiocarbonyl (C=S) groups is 1. The van der Waals surface area contributed by atoms with Gasteiger partial charge in [0, 0.05) is 12.7 Å². The number of rotatable bonds is 7. The van der Waals surface area contributed by atoms with Gasteiger partial charge in [0.2, 0.25) is 0 Å². The maximum atomic E-state index is 12.9. The molecule has 0 aliphatic carbocycles. The fraction of sp³-hybridized carbons (Fsp3) is 0.238. The molecule has 1 aliphatic rings. The van der Waals surface area contributed by atoms with Gasteiger partial charge in [0.1, 0.15) is 10.1 Å². The Hall–Kier alpha value is -2.71. The summed E-state index contributed by atoms with van der Waals surface area (Å²) in [6.45, 7) is 0.361. The summed E-state index contributed by atoms with van der Waals surface area (Å²) in [4.78, 5) is 17.0. The molecule has 0 atom stereocenters. The lowest BCUT2D eigenvalue weighted by atomic mass is 10.2. The first-order valence-electron chi connectivity index (χ1n) is 8.79. The van der Waals surface area contributed by atoms with Gasteiger partial charge in [-0.2, -0.15) is 0 Å². The second kappa shape index (κ2) is 9.19. The number of methoxy groups -OCH3 is 3. The average Bonchev–Trinajstić information content (AvgIpc) is 3.00. The average molecular weight is 431 g/mol. The van der Waals surface area contributed by atoms with Gasteiger partial charge in [-0.05, 0) is 48.0 Å². The van der Waals surface area contributed by atoms with Crippen LogP contribution >= 0.6 is 24.0 Å². The first kappa shape index (κ1) is 21.0. The first-order valence-corrected chi connectivity index (χ1v) is 10.0. The van der Waals surface area contributed by atoms with E-state index in [2.05, 4.69) is 0 Å².